The highest BCUT2D eigenvalue weighted by Gasteiger charge is 2.30. The lowest BCUT2D eigenvalue weighted by molar-refractivity contribution is 0.198. The van der Waals surface area contributed by atoms with Gasteiger partial charge in [-0.2, -0.15) is 0 Å². The summed E-state index contributed by atoms with van der Waals surface area (Å²) in [5.74, 6) is -0.694. The molecule has 1 unspecified atom stereocenters. The molecular formula is C12H15FO3S. The Hall–Kier alpha value is -0.940. The lowest BCUT2D eigenvalue weighted by Crippen LogP contribution is -2.23. The molecule has 3 nitrogen and oxygen atoms in total. The second-order valence-corrected chi connectivity index (χ2v) is 6.67. The Morgan fingerprint density at radius 3 is 2.82 bits per heavy atom. The first-order valence-corrected chi connectivity index (χ1v) is 7.25. The van der Waals surface area contributed by atoms with Crippen molar-refractivity contribution in [1.29, 1.82) is 0 Å². The highest BCUT2D eigenvalue weighted by Crippen LogP contribution is 2.20. The van der Waals surface area contributed by atoms with Gasteiger partial charge in [-0.25, -0.2) is 12.8 Å². The van der Waals surface area contributed by atoms with Crippen LogP contribution >= 0.6 is 0 Å². The van der Waals surface area contributed by atoms with Crippen molar-refractivity contribution in [3.05, 3.63) is 35.1 Å². The number of ether oxygens (including phenoxy) is 1. The highest BCUT2D eigenvalue weighted by atomic mass is 32.2. The quantitative estimate of drug-likeness (QED) is 0.831. The minimum absolute atomic E-state index is 0.232. The van der Waals surface area contributed by atoms with E-state index in [2.05, 4.69) is 0 Å². The fourth-order valence-electron chi connectivity index (χ4n) is 1.90. The van der Waals surface area contributed by atoms with E-state index in [1.807, 2.05) is 0 Å². The Morgan fingerprint density at radius 1 is 1.47 bits per heavy atom. The van der Waals surface area contributed by atoms with Crippen molar-refractivity contribution in [2.45, 2.75) is 24.3 Å². The van der Waals surface area contributed by atoms with E-state index in [9.17, 15) is 12.8 Å². The van der Waals surface area contributed by atoms with E-state index in [1.54, 1.807) is 13.0 Å². The zero-order valence-electron chi connectivity index (χ0n) is 9.65. The number of halogens is 1. The summed E-state index contributed by atoms with van der Waals surface area (Å²) in [6, 6.07) is 4.62. The Morgan fingerprint density at radius 2 is 2.24 bits per heavy atom. The van der Waals surface area contributed by atoms with Gasteiger partial charge in [-0.05, 0) is 25.0 Å². The lowest BCUT2D eigenvalue weighted by Gasteiger charge is -2.10. The first kappa shape index (κ1) is 12.5. The van der Waals surface area contributed by atoms with Crippen LogP contribution in [-0.4, -0.2) is 26.9 Å². The molecule has 0 bridgehead atoms. The number of hydrogen-bond donors (Lipinski definition) is 0. The molecule has 0 aliphatic carbocycles. The Labute approximate surface area is 101 Å². The summed E-state index contributed by atoms with van der Waals surface area (Å²) in [5, 5.41) is -0.483. The predicted octanol–water partition coefficient (Wildman–Crippen LogP) is 1.84. The molecule has 1 aromatic rings. The van der Waals surface area contributed by atoms with Crippen molar-refractivity contribution in [2.75, 3.05) is 13.2 Å². The molecule has 1 aliphatic rings. The third-order valence-electron chi connectivity index (χ3n) is 2.96. The molecule has 0 N–H and O–H groups in total. The molecule has 5 heteroatoms. The number of rotatable bonds is 3. The third-order valence-corrected chi connectivity index (χ3v) is 5.06. The van der Waals surface area contributed by atoms with Gasteiger partial charge in [-0.1, -0.05) is 12.1 Å². The van der Waals surface area contributed by atoms with Gasteiger partial charge in [0.25, 0.3) is 0 Å². The van der Waals surface area contributed by atoms with Gasteiger partial charge in [0.2, 0.25) is 0 Å². The molecule has 1 atom stereocenters. The maximum atomic E-state index is 13.6. The van der Waals surface area contributed by atoms with E-state index in [-0.39, 0.29) is 17.9 Å². The summed E-state index contributed by atoms with van der Waals surface area (Å²) in [6.07, 6.45) is 0.510. The molecule has 0 saturated carbocycles. The first-order valence-electron chi connectivity index (χ1n) is 5.53. The molecule has 0 spiro atoms. The van der Waals surface area contributed by atoms with Crippen LogP contribution < -0.4 is 0 Å². The standard InChI is InChI=1S/C12H15FO3S/c1-9-2-3-10(12(13)6-9)8-17(14,15)11-4-5-16-7-11/h2-3,6,11H,4-5,7-8H2,1H3. The molecule has 1 fully saturated rings. The summed E-state index contributed by atoms with van der Waals surface area (Å²) in [7, 11) is -3.31. The minimum atomic E-state index is -3.31. The number of aryl methyl sites for hydroxylation is 1. The van der Waals surface area contributed by atoms with Crippen LogP contribution in [0.4, 0.5) is 4.39 Å². The van der Waals surface area contributed by atoms with Gasteiger partial charge in [-0.3, -0.25) is 0 Å². The molecular weight excluding hydrogens is 243 g/mol. The van der Waals surface area contributed by atoms with Gasteiger partial charge in [0, 0.05) is 12.2 Å². The van der Waals surface area contributed by atoms with Crippen LogP contribution in [0.2, 0.25) is 0 Å². The maximum Gasteiger partial charge on any atom is 0.159 e. The van der Waals surface area contributed by atoms with Crippen LogP contribution in [0.3, 0.4) is 0 Å². The van der Waals surface area contributed by atoms with Crippen molar-refractivity contribution >= 4 is 9.84 Å². The van der Waals surface area contributed by atoms with Gasteiger partial charge < -0.3 is 4.74 Å². The van der Waals surface area contributed by atoms with Crippen molar-refractivity contribution in [1.82, 2.24) is 0 Å². The highest BCUT2D eigenvalue weighted by molar-refractivity contribution is 7.91. The van der Waals surface area contributed by atoms with Gasteiger partial charge in [0.15, 0.2) is 9.84 Å². The smallest absolute Gasteiger partial charge is 0.159 e. The molecule has 1 aliphatic heterocycles. The molecule has 1 saturated heterocycles. The SMILES string of the molecule is Cc1ccc(CS(=O)(=O)C2CCOC2)c(F)c1. The zero-order valence-corrected chi connectivity index (χ0v) is 10.5. The van der Waals surface area contributed by atoms with Crippen molar-refractivity contribution in [3.63, 3.8) is 0 Å². The topological polar surface area (TPSA) is 43.4 Å². The van der Waals surface area contributed by atoms with Crippen LogP contribution in [0.1, 0.15) is 17.5 Å². The third kappa shape index (κ3) is 2.84. The Kier molecular flexibility index (Phi) is 3.49. The first-order chi connectivity index (χ1) is 7.99. The van der Waals surface area contributed by atoms with Crippen molar-refractivity contribution in [3.8, 4) is 0 Å². The van der Waals surface area contributed by atoms with Gasteiger partial charge >= 0.3 is 0 Å². The maximum absolute atomic E-state index is 13.6. The summed E-state index contributed by atoms with van der Waals surface area (Å²) >= 11 is 0. The van der Waals surface area contributed by atoms with Crippen LogP contribution in [0.25, 0.3) is 0 Å². The van der Waals surface area contributed by atoms with E-state index in [1.165, 1.54) is 12.1 Å². The summed E-state index contributed by atoms with van der Waals surface area (Å²) < 4.78 is 42.6. The fourth-order valence-corrected chi connectivity index (χ4v) is 3.56. The van der Waals surface area contributed by atoms with E-state index < -0.39 is 20.9 Å². The molecule has 1 heterocycles. The molecule has 94 valence electrons. The monoisotopic (exact) mass is 258 g/mol. The Balaban J connectivity index is 2.19. The zero-order chi connectivity index (χ0) is 12.5. The summed E-state index contributed by atoms with van der Waals surface area (Å²) in [4.78, 5) is 0. The Bertz CT molecular complexity index is 504. The predicted molar refractivity (Wildman–Crippen MR) is 63.0 cm³/mol. The lowest BCUT2D eigenvalue weighted by atomic mass is 10.2. The van der Waals surface area contributed by atoms with E-state index in [0.29, 0.717) is 13.0 Å². The fraction of sp³-hybridized carbons (Fsp3) is 0.500. The van der Waals surface area contributed by atoms with E-state index >= 15 is 0 Å². The van der Waals surface area contributed by atoms with Gasteiger partial charge in [0.1, 0.15) is 5.82 Å². The molecule has 0 aromatic heterocycles. The number of sulfone groups is 1. The minimum Gasteiger partial charge on any atom is -0.380 e. The second-order valence-electron chi connectivity index (χ2n) is 4.39. The number of benzene rings is 1. The average Bonchev–Trinajstić information content (AvgIpc) is 2.76. The van der Waals surface area contributed by atoms with Crippen LogP contribution in [0.5, 0.6) is 0 Å². The molecule has 0 radical (unpaired) electrons. The van der Waals surface area contributed by atoms with Gasteiger partial charge in [0.05, 0.1) is 17.6 Å². The van der Waals surface area contributed by atoms with Crippen LogP contribution in [-0.2, 0) is 20.3 Å². The van der Waals surface area contributed by atoms with Crippen LogP contribution in [0.15, 0.2) is 18.2 Å². The largest absolute Gasteiger partial charge is 0.380 e. The average molecular weight is 258 g/mol. The van der Waals surface area contributed by atoms with E-state index in [4.69, 9.17) is 4.74 Å². The molecule has 17 heavy (non-hydrogen) atoms. The second kappa shape index (κ2) is 4.74. The summed E-state index contributed by atoms with van der Waals surface area (Å²) in [5.41, 5.74) is 1.02. The van der Waals surface area contributed by atoms with Crippen LogP contribution in [0, 0.1) is 12.7 Å². The normalized spacial score (nSPS) is 20.7. The molecule has 1 aromatic carbocycles. The van der Waals surface area contributed by atoms with Gasteiger partial charge in [-0.15, -0.1) is 0 Å². The summed E-state index contributed by atoms with van der Waals surface area (Å²) in [6.45, 7) is 2.47. The molecule has 2 rings (SSSR count). The van der Waals surface area contributed by atoms with Crippen molar-refractivity contribution < 1.29 is 17.5 Å². The van der Waals surface area contributed by atoms with Crippen molar-refractivity contribution in [2.24, 2.45) is 0 Å². The van der Waals surface area contributed by atoms with E-state index in [0.717, 1.165) is 5.56 Å². The number of hydrogen-bond acceptors (Lipinski definition) is 3. The molecule has 0 amide bonds.